The van der Waals surface area contributed by atoms with Crippen molar-refractivity contribution in [3.8, 4) is 5.75 Å². The molecule has 1 aliphatic carbocycles. The van der Waals surface area contributed by atoms with Gasteiger partial charge in [0, 0.05) is 19.4 Å². The van der Waals surface area contributed by atoms with E-state index in [2.05, 4.69) is 4.99 Å². The van der Waals surface area contributed by atoms with E-state index in [4.69, 9.17) is 0 Å². The van der Waals surface area contributed by atoms with Crippen LogP contribution in [-0.2, 0) is 4.79 Å². The Labute approximate surface area is 192 Å². The largest absolute Gasteiger partial charge is 0.511 e. The first-order valence-corrected chi connectivity index (χ1v) is 10.9. The lowest BCUT2D eigenvalue weighted by atomic mass is 9.73. The molecule has 1 fully saturated rings. The molecule has 0 atom stereocenters. The number of nitrogens with zero attached hydrogens (tertiary/aromatic N) is 2. The van der Waals surface area contributed by atoms with Crippen LogP contribution in [0.1, 0.15) is 60.2 Å². The van der Waals surface area contributed by atoms with Gasteiger partial charge < -0.3 is 10.2 Å². The molecule has 33 heavy (non-hydrogen) atoms. The van der Waals surface area contributed by atoms with Crippen molar-refractivity contribution >= 4 is 29.0 Å². The Morgan fingerprint density at radius 1 is 0.970 bits per heavy atom. The Kier molecular flexibility index (Phi) is 5.89. The van der Waals surface area contributed by atoms with Crippen LogP contribution in [-0.4, -0.2) is 45.0 Å². The zero-order valence-electron chi connectivity index (χ0n) is 18.7. The molecule has 2 aliphatic rings. The van der Waals surface area contributed by atoms with Crippen LogP contribution in [0.15, 0.2) is 64.9 Å². The molecule has 7 nitrogen and oxygen atoms in total. The van der Waals surface area contributed by atoms with Crippen LogP contribution in [0, 0.1) is 5.41 Å². The molecule has 7 heteroatoms. The lowest BCUT2D eigenvalue weighted by Gasteiger charge is -2.31. The number of amides is 2. The molecule has 0 unspecified atom stereocenters. The molecular formula is C26H26N2O5. The second kappa shape index (κ2) is 8.65. The third kappa shape index (κ3) is 4.44. The molecule has 0 bridgehead atoms. The molecule has 2 N–H and O–H groups in total. The van der Waals surface area contributed by atoms with E-state index in [0.717, 1.165) is 0 Å². The normalized spacial score (nSPS) is 20.4. The number of Topliss-reactive ketones (excluding diaryl/α,β-unsaturated/α-hetero) is 1. The number of benzene rings is 2. The van der Waals surface area contributed by atoms with Gasteiger partial charge in [0.25, 0.3) is 11.8 Å². The fourth-order valence-corrected chi connectivity index (χ4v) is 4.39. The van der Waals surface area contributed by atoms with Crippen molar-refractivity contribution in [3.63, 3.8) is 0 Å². The predicted molar refractivity (Wildman–Crippen MR) is 124 cm³/mol. The number of para-hydroxylation sites is 2. The third-order valence-corrected chi connectivity index (χ3v) is 5.95. The Hall–Kier alpha value is -3.74. The van der Waals surface area contributed by atoms with Crippen LogP contribution in [0.5, 0.6) is 5.75 Å². The average molecular weight is 447 g/mol. The fraction of sp³-hybridized carbons (Fsp3) is 0.308. The number of aliphatic hydroxyl groups excluding tert-OH is 1. The summed E-state index contributed by atoms with van der Waals surface area (Å²) in [5.41, 5.74) is 1.36. The lowest BCUT2D eigenvalue weighted by Crippen LogP contribution is -2.33. The molecule has 1 saturated carbocycles. The van der Waals surface area contributed by atoms with Gasteiger partial charge in [0.2, 0.25) is 0 Å². The van der Waals surface area contributed by atoms with Crippen molar-refractivity contribution in [1.29, 1.82) is 0 Å². The number of carbonyl (C=O) groups is 3. The van der Waals surface area contributed by atoms with E-state index in [1.165, 1.54) is 11.0 Å². The molecular weight excluding hydrogens is 420 g/mol. The summed E-state index contributed by atoms with van der Waals surface area (Å²) in [7, 11) is 0. The summed E-state index contributed by atoms with van der Waals surface area (Å²) >= 11 is 0. The Bertz CT molecular complexity index is 1170. The molecule has 2 amide bonds. The molecule has 1 aliphatic heterocycles. The molecule has 170 valence electrons. The second-order valence-electron chi connectivity index (χ2n) is 9.22. The number of imide groups is 1. The summed E-state index contributed by atoms with van der Waals surface area (Å²) in [6.45, 7) is 4.05. The van der Waals surface area contributed by atoms with E-state index in [0.29, 0.717) is 35.4 Å². The summed E-state index contributed by atoms with van der Waals surface area (Å²) in [4.78, 5) is 43.7. The zero-order chi connectivity index (χ0) is 23.8. The first kappa shape index (κ1) is 22.5. The predicted octanol–water partition coefficient (Wildman–Crippen LogP) is 4.74. The number of allylic oxidation sites excluding steroid dienone is 2. The minimum Gasteiger partial charge on any atom is -0.511 e. The number of aliphatic imine (C=N–C) groups is 1. The number of rotatable bonds is 5. The highest BCUT2D eigenvalue weighted by Crippen LogP contribution is 2.38. The second-order valence-corrected chi connectivity index (χ2v) is 9.22. The van der Waals surface area contributed by atoms with Gasteiger partial charge in [-0.05, 0) is 42.5 Å². The quantitative estimate of drug-likeness (QED) is 0.392. The number of fused-ring (bicyclic) bond motifs is 1. The van der Waals surface area contributed by atoms with Crippen molar-refractivity contribution in [2.45, 2.75) is 39.5 Å². The van der Waals surface area contributed by atoms with Crippen molar-refractivity contribution < 1.29 is 24.6 Å². The summed E-state index contributed by atoms with van der Waals surface area (Å²) < 4.78 is 0. The number of hydrogen-bond acceptors (Lipinski definition) is 6. The van der Waals surface area contributed by atoms with Crippen LogP contribution in [0.2, 0.25) is 0 Å². The number of aliphatic hydroxyl groups is 1. The Balaban J connectivity index is 1.55. The van der Waals surface area contributed by atoms with Crippen molar-refractivity contribution in [2.24, 2.45) is 10.4 Å². The highest BCUT2D eigenvalue weighted by Gasteiger charge is 2.37. The molecule has 0 saturated heterocycles. The summed E-state index contributed by atoms with van der Waals surface area (Å²) in [6, 6.07) is 13.3. The van der Waals surface area contributed by atoms with E-state index >= 15 is 0 Å². The van der Waals surface area contributed by atoms with Gasteiger partial charge >= 0.3 is 0 Å². The maximum atomic E-state index is 12.9. The first-order valence-electron chi connectivity index (χ1n) is 10.9. The highest BCUT2D eigenvalue weighted by molar-refractivity contribution is 6.25. The van der Waals surface area contributed by atoms with Gasteiger partial charge in [0.15, 0.2) is 5.78 Å². The third-order valence-electron chi connectivity index (χ3n) is 5.95. The van der Waals surface area contributed by atoms with E-state index in [-0.39, 0.29) is 59.5 Å². The molecule has 0 radical (unpaired) electrons. The SMILES string of the molecule is CC1(C)CC(=O)/C(=C(/O)CCCN2C(=O)c3ccccc3C2=O)C(=Nc2ccccc2O)C1. The number of phenols is 1. The molecule has 4 rings (SSSR count). The van der Waals surface area contributed by atoms with Gasteiger partial charge in [0.1, 0.15) is 17.2 Å². The molecule has 1 heterocycles. The Morgan fingerprint density at radius 2 is 1.58 bits per heavy atom. The van der Waals surface area contributed by atoms with Gasteiger partial charge in [-0.25, -0.2) is 4.99 Å². The van der Waals surface area contributed by atoms with Crippen molar-refractivity contribution in [3.05, 3.63) is 71.0 Å². The summed E-state index contributed by atoms with van der Waals surface area (Å²) in [5, 5.41) is 20.9. The Morgan fingerprint density at radius 3 is 2.21 bits per heavy atom. The first-order chi connectivity index (χ1) is 15.7. The number of hydrogen-bond donors (Lipinski definition) is 2. The molecule has 2 aromatic rings. The smallest absolute Gasteiger partial charge is 0.261 e. The number of carbonyl (C=O) groups excluding carboxylic acids is 3. The van der Waals surface area contributed by atoms with E-state index in [9.17, 15) is 24.6 Å². The maximum absolute atomic E-state index is 12.9. The topological polar surface area (TPSA) is 107 Å². The van der Waals surface area contributed by atoms with Crippen LogP contribution in [0.25, 0.3) is 0 Å². The van der Waals surface area contributed by atoms with Crippen LogP contribution in [0.4, 0.5) is 5.69 Å². The van der Waals surface area contributed by atoms with Crippen LogP contribution < -0.4 is 0 Å². The number of phenolic OH excluding ortho intramolecular Hbond substituents is 1. The van der Waals surface area contributed by atoms with Crippen molar-refractivity contribution in [2.75, 3.05) is 6.54 Å². The summed E-state index contributed by atoms with van der Waals surface area (Å²) in [5.74, 6) is -1.02. The highest BCUT2D eigenvalue weighted by atomic mass is 16.3. The van der Waals surface area contributed by atoms with Gasteiger partial charge in [-0.3, -0.25) is 19.3 Å². The van der Waals surface area contributed by atoms with Gasteiger partial charge in [-0.2, -0.15) is 0 Å². The van der Waals surface area contributed by atoms with E-state index in [1.54, 1.807) is 42.5 Å². The monoisotopic (exact) mass is 446 g/mol. The maximum Gasteiger partial charge on any atom is 0.261 e. The minimum absolute atomic E-state index is 0.00899. The van der Waals surface area contributed by atoms with E-state index < -0.39 is 0 Å². The zero-order valence-corrected chi connectivity index (χ0v) is 18.7. The molecule has 0 aromatic heterocycles. The van der Waals surface area contributed by atoms with Crippen LogP contribution in [0.3, 0.4) is 0 Å². The van der Waals surface area contributed by atoms with Gasteiger partial charge in [0.05, 0.1) is 22.4 Å². The fourth-order valence-electron chi connectivity index (χ4n) is 4.39. The van der Waals surface area contributed by atoms with Gasteiger partial charge in [-0.15, -0.1) is 0 Å². The van der Waals surface area contributed by atoms with Crippen LogP contribution >= 0.6 is 0 Å². The number of ketones is 1. The van der Waals surface area contributed by atoms with Gasteiger partial charge in [-0.1, -0.05) is 38.1 Å². The molecule has 0 spiro atoms. The molecule has 2 aromatic carbocycles. The summed E-state index contributed by atoms with van der Waals surface area (Å²) in [6.07, 6.45) is 1.16. The lowest BCUT2D eigenvalue weighted by molar-refractivity contribution is -0.117. The van der Waals surface area contributed by atoms with Crippen molar-refractivity contribution in [1.82, 2.24) is 4.90 Å². The number of aromatic hydroxyl groups is 1. The average Bonchev–Trinajstić information content (AvgIpc) is 2.99. The minimum atomic E-state index is -0.347. The van der Waals surface area contributed by atoms with E-state index in [1.807, 2.05) is 13.8 Å². The standard InChI is InChI=1S/C26H26N2O5/c1-26(2)14-19(27-18-10-5-6-11-20(18)29)23(22(31)15-26)21(30)12-7-13-28-24(32)16-8-3-4-9-17(16)25(28)33/h3-6,8-11,29-30H,7,12-15H2,1-2H3/b23-21+,27-19?.